The summed E-state index contributed by atoms with van der Waals surface area (Å²) in [5, 5.41) is 0. The molecule has 2 N–H and O–H groups in total. The van der Waals surface area contributed by atoms with Gasteiger partial charge in [-0.1, -0.05) is 0 Å². The van der Waals surface area contributed by atoms with Crippen LogP contribution in [0.2, 0.25) is 0 Å². The molecule has 6 nitrogen and oxygen atoms in total. The van der Waals surface area contributed by atoms with Crippen LogP contribution >= 0.6 is 0 Å². The fourth-order valence-electron chi connectivity index (χ4n) is 1.91. The summed E-state index contributed by atoms with van der Waals surface area (Å²) in [5.41, 5.74) is 5.99. The van der Waals surface area contributed by atoms with Gasteiger partial charge in [0.15, 0.2) is 0 Å². The highest BCUT2D eigenvalue weighted by Gasteiger charge is 2.23. The van der Waals surface area contributed by atoms with Gasteiger partial charge in [-0.05, 0) is 18.9 Å². The van der Waals surface area contributed by atoms with Crippen molar-refractivity contribution in [3.05, 3.63) is 18.0 Å². The van der Waals surface area contributed by atoms with Crippen LogP contribution in [0.25, 0.3) is 0 Å². The SMILES string of the molecule is COC(=O)c1cnc(N2CCC(CN)C2)nc1. The first kappa shape index (κ1) is 11.8. The van der Waals surface area contributed by atoms with Crippen LogP contribution < -0.4 is 10.6 Å². The number of methoxy groups -OCH3 is 1. The van der Waals surface area contributed by atoms with Crippen LogP contribution in [-0.2, 0) is 4.74 Å². The number of carbonyl (C=O) groups is 1. The van der Waals surface area contributed by atoms with Crippen LogP contribution in [0.3, 0.4) is 0 Å². The number of nitrogens with two attached hydrogens (primary N) is 1. The van der Waals surface area contributed by atoms with E-state index in [1.54, 1.807) is 0 Å². The Labute approximate surface area is 99.8 Å². The predicted octanol–water partition coefficient (Wildman–Crippen LogP) is 0.0482. The van der Waals surface area contributed by atoms with Crippen molar-refractivity contribution in [2.24, 2.45) is 11.7 Å². The number of esters is 1. The van der Waals surface area contributed by atoms with Gasteiger partial charge in [-0.3, -0.25) is 0 Å². The lowest BCUT2D eigenvalue weighted by molar-refractivity contribution is 0.0600. The molecule has 92 valence electrons. The monoisotopic (exact) mass is 236 g/mol. The highest BCUT2D eigenvalue weighted by molar-refractivity contribution is 5.88. The molecular formula is C11H16N4O2. The van der Waals surface area contributed by atoms with Crippen LogP contribution in [0, 0.1) is 5.92 Å². The van der Waals surface area contributed by atoms with Gasteiger partial charge in [-0.15, -0.1) is 0 Å². The van der Waals surface area contributed by atoms with Crippen LogP contribution in [0.15, 0.2) is 12.4 Å². The molecule has 1 atom stereocenters. The van der Waals surface area contributed by atoms with Crippen molar-refractivity contribution in [3.8, 4) is 0 Å². The zero-order valence-corrected chi connectivity index (χ0v) is 9.80. The lowest BCUT2D eigenvalue weighted by Gasteiger charge is -2.15. The van der Waals surface area contributed by atoms with E-state index in [9.17, 15) is 4.79 Å². The first-order chi connectivity index (χ1) is 8.24. The van der Waals surface area contributed by atoms with Crippen molar-refractivity contribution in [2.75, 3.05) is 31.6 Å². The Morgan fingerprint density at radius 3 is 2.82 bits per heavy atom. The number of hydrogen-bond acceptors (Lipinski definition) is 6. The smallest absolute Gasteiger partial charge is 0.341 e. The van der Waals surface area contributed by atoms with E-state index in [1.807, 2.05) is 0 Å². The zero-order valence-electron chi connectivity index (χ0n) is 9.80. The summed E-state index contributed by atoms with van der Waals surface area (Å²) in [6.07, 6.45) is 4.05. The fourth-order valence-corrected chi connectivity index (χ4v) is 1.91. The minimum atomic E-state index is -0.419. The molecule has 2 heterocycles. The van der Waals surface area contributed by atoms with Gasteiger partial charge in [0, 0.05) is 25.5 Å². The molecular weight excluding hydrogens is 220 g/mol. The van der Waals surface area contributed by atoms with Crippen LogP contribution in [0.5, 0.6) is 0 Å². The molecule has 2 rings (SSSR count). The Morgan fingerprint density at radius 2 is 2.29 bits per heavy atom. The van der Waals surface area contributed by atoms with E-state index in [4.69, 9.17) is 5.73 Å². The van der Waals surface area contributed by atoms with Crippen molar-refractivity contribution in [1.29, 1.82) is 0 Å². The third-order valence-corrected chi connectivity index (χ3v) is 2.96. The topological polar surface area (TPSA) is 81.3 Å². The normalized spacial score (nSPS) is 19.4. The highest BCUT2D eigenvalue weighted by atomic mass is 16.5. The molecule has 0 saturated carbocycles. The molecule has 0 aromatic carbocycles. The van der Waals surface area contributed by atoms with E-state index >= 15 is 0 Å². The number of rotatable bonds is 3. The van der Waals surface area contributed by atoms with E-state index in [1.165, 1.54) is 19.5 Å². The first-order valence-corrected chi connectivity index (χ1v) is 5.60. The fraction of sp³-hybridized carbons (Fsp3) is 0.545. The molecule has 0 bridgehead atoms. The first-order valence-electron chi connectivity index (χ1n) is 5.60. The quantitative estimate of drug-likeness (QED) is 0.747. The number of ether oxygens (including phenoxy) is 1. The van der Waals surface area contributed by atoms with E-state index in [0.717, 1.165) is 19.5 Å². The molecule has 1 aliphatic rings. The molecule has 1 aromatic heterocycles. The second kappa shape index (κ2) is 5.09. The number of anilines is 1. The minimum absolute atomic E-state index is 0.367. The summed E-state index contributed by atoms with van der Waals surface area (Å²) < 4.78 is 4.59. The number of carbonyl (C=O) groups excluding carboxylic acids is 1. The van der Waals surface area contributed by atoms with E-state index < -0.39 is 5.97 Å². The van der Waals surface area contributed by atoms with Crippen molar-refractivity contribution >= 4 is 11.9 Å². The Bertz CT molecular complexity index is 393. The number of hydrogen-bond donors (Lipinski definition) is 1. The second-order valence-corrected chi connectivity index (χ2v) is 4.10. The minimum Gasteiger partial charge on any atom is -0.465 e. The molecule has 1 fully saturated rings. The molecule has 1 aromatic rings. The van der Waals surface area contributed by atoms with Gasteiger partial charge in [0.1, 0.15) is 0 Å². The molecule has 17 heavy (non-hydrogen) atoms. The van der Waals surface area contributed by atoms with Gasteiger partial charge in [-0.2, -0.15) is 0 Å². The summed E-state index contributed by atoms with van der Waals surface area (Å²) in [6, 6.07) is 0. The van der Waals surface area contributed by atoms with Crippen molar-refractivity contribution in [2.45, 2.75) is 6.42 Å². The van der Waals surface area contributed by atoms with Gasteiger partial charge < -0.3 is 15.4 Å². The van der Waals surface area contributed by atoms with E-state index in [2.05, 4.69) is 19.6 Å². The Balaban J connectivity index is 2.06. The third-order valence-electron chi connectivity index (χ3n) is 2.96. The van der Waals surface area contributed by atoms with Crippen LogP contribution in [0.4, 0.5) is 5.95 Å². The van der Waals surface area contributed by atoms with Crippen LogP contribution in [-0.4, -0.2) is 42.7 Å². The standard InChI is InChI=1S/C11H16N4O2/c1-17-10(16)9-5-13-11(14-6-9)15-3-2-8(4-12)7-15/h5-6,8H,2-4,7,12H2,1H3. The van der Waals surface area contributed by atoms with Crippen molar-refractivity contribution in [3.63, 3.8) is 0 Å². The van der Waals surface area contributed by atoms with Gasteiger partial charge in [0.2, 0.25) is 5.95 Å². The Kier molecular flexibility index (Phi) is 3.53. The molecule has 0 aliphatic carbocycles. The second-order valence-electron chi connectivity index (χ2n) is 4.10. The van der Waals surface area contributed by atoms with Crippen LogP contribution in [0.1, 0.15) is 16.8 Å². The Morgan fingerprint density at radius 1 is 1.59 bits per heavy atom. The largest absolute Gasteiger partial charge is 0.465 e. The summed E-state index contributed by atoms with van der Waals surface area (Å²) in [6.45, 7) is 2.49. The van der Waals surface area contributed by atoms with Gasteiger partial charge in [-0.25, -0.2) is 14.8 Å². The molecule has 0 radical (unpaired) electrons. The van der Waals surface area contributed by atoms with Crippen molar-refractivity contribution < 1.29 is 9.53 Å². The molecule has 0 amide bonds. The molecule has 1 unspecified atom stereocenters. The highest BCUT2D eigenvalue weighted by Crippen LogP contribution is 2.19. The summed E-state index contributed by atoms with van der Waals surface area (Å²) in [5.74, 6) is 0.741. The summed E-state index contributed by atoms with van der Waals surface area (Å²) in [7, 11) is 1.34. The predicted molar refractivity (Wildman–Crippen MR) is 62.7 cm³/mol. The summed E-state index contributed by atoms with van der Waals surface area (Å²) in [4.78, 5) is 21.6. The van der Waals surface area contributed by atoms with Gasteiger partial charge in [0.05, 0.1) is 12.7 Å². The van der Waals surface area contributed by atoms with Gasteiger partial charge in [0.25, 0.3) is 0 Å². The third kappa shape index (κ3) is 2.52. The number of aromatic nitrogens is 2. The molecule has 1 saturated heterocycles. The number of nitrogens with zero attached hydrogens (tertiary/aromatic N) is 3. The summed E-state index contributed by atoms with van der Waals surface area (Å²) >= 11 is 0. The zero-order chi connectivity index (χ0) is 12.3. The lowest BCUT2D eigenvalue weighted by Crippen LogP contribution is -2.24. The van der Waals surface area contributed by atoms with E-state index in [-0.39, 0.29) is 0 Å². The van der Waals surface area contributed by atoms with E-state index in [0.29, 0.717) is 24.0 Å². The molecule has 6 heteroatoms. The average Bonchev–Trinajstić information content (AvgIpc) is 2.87. The lowest BCUT2D eigenvalue weighted by atomic mass is 10.1. The Hall–Kier alpha value is -1.69. The van der Waals surface area contributed by atoms with Gasteiger partial charge >= 0.3 is 5.97 Å². The van der Waals surface area contributed by atoms with Crippen molar-refractivity contribution in [1.82, 2.24) is 9.97 Å². The maximum Gasteiger partial charge on any atom is 0.341 e. The molecule has 0 spiro atoms. The maximum atomic E-state index is 11.2. The maximum absolute atomic E-state index is 11.2. The average molecular weight is 236 g/mol. The molecule has 1 aliphatic heterocycles.